The number of rotatable bonds is 1. The van der Waals surface area contributed by atoms with Gasteiger partial charge in [0.2, 0.25) is 0 Å². The highest BCUT2D eigenvalue weighted by molar-refractivity contribution is 5.94. The summed E-state index contributed by atoms with van der Waals surface area (Å²) in [6, 6.07) is 8.10. The molecule has 3 heteroatoms. The molecule has 2 rings (SSSR count). The fourth-order valence-electron chi connectivity index (χ4n) is 2.49. The van der Waals surface area contributed by atoms with E-state index in [1.807, 2.05) is 17.0 Å². The Morgan fingerprint density at radius 2 is 1.89 bits per heavy atom. The molecule has 0 radical (unpaired) electrons. The van der Waals surface area contributed by atoms with Crippen LogP contribution in [0.4, 0.5) is 0 Å². The van der Waals surface area contributed by atoms with Gasteiger partial charge in [-0.3, -0.25) is 4.79 Å². The molecular formula is C16H24N2O. The number of hydrogen-bond donors (Lipinski definition) is 1. The van der Waals surface area contributed by atoms with Gasteiger partial charge in [-0.2, -0.15) is 0 Å². The molecule has 1 aliphatic heterocycles. The molecule has 1 amide bonds. The second kappa shape index (κ2) is 5.33. The Morgan fingerprint density at radius 3 is 2.42 bits per heavy atom. The Bertz CT molecular complexity index is 445. The Morgan fingerprint density at radius 1 is 1.26 bits per heavy atom. The van der Waals surface area contributed by atoms with Gasteiger partial charge < -0.3 is 10.6 Å². The van der Waals surface area contributed by atoms with E-state index in [9.17, 15) is 4.79 Å². The Balaban J connectivity index is 2.11. The fraction of sp³-hybridized carbons (Fsp3) is 0.562. The maximum absolute atomic E-state index is 12.4. The molecule has 1 atom stereocenters. The van der Waals surface area contributed by atoms with E-state index in [-0.39, 0.29) is 17.4 Å². The summed E-state index contributed by atoms with van der Waals surface area (Å²) >= 11 is 0. The molecule has 1 heterocycles. The van der Waals surface area contributed by atoms with Crippen molar-refractivity contribution in [3.63, 3.8) is 0 Å². The minimum absolute atomic E-state index is 0.107. The van der Waals surface area contributed by atoms with Crippen LogP contribution in [0.2, 0.25) is 0 Å². The van der Waals surface area contributed by atoms with E-state index in [0.717, 1.165) is 24.9 Å². The smallest absolute Gasteiger partial charge is 0.253 e. The van der Waals surface area contributed by atoms with Crippen molar-refractivity contribution in [2.75, 3.05) is 13.1 Å². The van der Waals surface area contributed by atoms with Crippen LogP contribution in [-0.2, 0) is 5.41 Å². The topological polar surface area (TPSA) is 46.3 Å². The highest BCUT2D eigenvalue weighted by atomic mass is 16.2. The van der Waals surface area contributed by atoms with Crippen LogP contribution in [0.1, 0.15) is 49.5 Å². The van der Waals surface area contributed by atoms with Crippen molar-refractivity contribution in [1.29, 1.82) is 0 Å². The first-order valence-corrected chi connectivity index (χ1v) is 7.03. The summed E-state index contributed by atoms with van der Waals surface area (Å²) in [5.41, 5.74) is 8.06. The van der Waals surface area contributed by atoms with E-state index in [1.54, 1.807) is 0 Å². The highest BCUT2D eigenvalue weighted by Crippen LogP contribution is 2.23. The minimum atomic E-state index is 0.107. The third kappa shape index (κ3) is 3.35. The molecule has 3 nitrogen and oxygen atoms in total. The van der Waals surface area contributed by atoms with Crippen LogP contribution < -0.4 is 5.73 Å². The molecule has 19 heavy (non-hydrogen) atoms. The zero-order valence-corrected chi connectivity index (χ0v) is 12.1. The number of amides is 1. The Labute approximate surface area is 115 Å². The number of nitrogens with two attached hydrogens (primary N) is 1. The summed E-state index contributed by atoms with van der Waals surface area (Å²) < 4.78 is 0. The number of carbonyl (C=O) groups excluding carboxylic acids is 1. The first-order chi connectivity index (χ1) is 8.88. The molecule has 0 bridgehead atoms. The van der Waals surface area contributed by atoms with E-state index in [1.165, 1.54) is 5.56 Å². The van der Waals surface area contributed by atoms with E-state index in [2.05, 4.69) is 32.9 Å². The molecule has 104 valence electrons. The van der Waals surface area contributed by atoms with Crippen molar-refractivity contribution in [3.05, 3.63) is 35.4 Å². The van der Waals surface area contributed by atoms with E-state index in [0.29, 0.717) is 6.54 Å². The summed E-state index contributed by atoms with van der Waals surface area (Å²) in [5.74, 6) is 0.107. The second-order valence-corrected chi connectivity index (χ2v) is 6.48. The molecule has 1 saturated heterocycles. The minimum Gasteiger partial charge on any atom is -0.337 e. The van der Waals surface area contributed by atoms with E-state index >= 15 is 0 Å². The molecule has 1 aromatic rings. The zero-order chi connectivity index (χ0) is 14.0. The van der Waals surface area contributed by atoms with Crippen LogP contribution in [-0.4, -0.2) is 29.9 Å². The molecule has 0 aromatic heterocycles. The predicted molar refractivity (Wildman–Crippen MR) is 78.3 cm³/mol. The van der Waals surface area contributed by atoms with Crippen molar-refractivity contribution in [2.24, 2.45) is 5.73 Å². The van der Waals surface area contributed by atoms with Gasteiger partial charge >= 0.3 is 0 Å². The first kappa shape index (κ1) is 14.1. The monoisotopic (exact) mass is 260 g/mol. The van der Waals surface area contributed by atoms with Crippen molar-refractivity contribution in [3.8, 4) is 0 Å². The van der Waals surface area contributed by atoms with Crippen molar-refractivity contribution >= 4 is 5.91 Å². The van der Waals surface area contributed by atoms with Gasteiger partial charge in [0, 0.05) is 24.7 Å². The molecule has 0 aliphatic carbocycles. The van der Waals surface area contributed by atoms with Gasteiger partial charge in [0.05, 0.1) is 0 Å². The fourth-order valence-corrected chi connectivity index (χ4v) is 2.49. The van der Waals surface area contributed by atoms with Gasteiger partial charge in [-0.15, -0.1) is 0 Å². The Kier molecular flexibility index (Phi) is 3.95. The van der Waals surface area contributed by atoms with Crippen LogP contribution in [0.3, 0.4) is 0 Å². The zero-order valence-electron chi connectivity index (χ0n) is 12.1. The normalized spacial score (nSPS) is 20.4. The van der Waals surface area contributed by atoms with Gasteiger partial charge in [-0.05, 0) is 36.0 Å². The summed E-state index contributed by atoms with van der Waals surface area (Å²) in [4.78, 5) is 14.3. The van der Waals surface area contributed by atoms with Gasteiger partial charge in [0.1, 0.15) is 0 Å². The highest BCUT2D eigenvalue weighted by Gasteiger charge is 2.22. The molecule has 0 spiro atoms. The van der Waals surface area contributed by atoms with E-state index < -0.39 is 0 Å². The summed E-state index contributed by atoms with van der Waals surface area (Å²) in [7, 11) is 0. The number of nitrogens with zero attached hydrogens (tertiary/aromatic N) is 1. The van der Waals surface area contributed by atoms with Crippen LogP contribution in [0, 0.1) is 0 Å². The Hall–Kier alpha value is -1.35. The lowest BCUT2D eigenvalue weighted by Gasteiger charge is -2.31. The maximum Gasteiger partial charge on any atom is 0.253 e. The van der Waals surface area contributed by atoms with Crippen LogP contribution in [0.25, 0.3) is 0 Å². The number of carbonyl (C=O) groups is 1. The number of piperidine rings is 1. The molecule has 0 saturated carbocycles. The molecule has 1 fully saturated rings. The largest absolute Gasteiger partial charge is 0.337 e. The molecule has 2 N–H and O–H groups in total. The third-order valence-corrected chi connectivity index (χ3v) is 3.74. The third-order valence-electron chi connectivity index (χ3n) is 3.74. The average Bonchev–Trinajstić information content (AvgIpc) is 2.37. The standard InChI is InChI=1S/C16H24N2O/c1-16(2,3)13-8-6-12(7-9-13)15(19)18-10-4-5-14(17)11-18/h6-9,14H,4-5,10-11,17H2,1-3H3/t14-/m0/s1. The summed E-state index contributed by atoms with van der Waals surface area (Å²) in [6.45, 7) is 8.03. The summed E-state index contributed by atoms with van der Waals surface area (Å²) in [5, 5.41) is 0. The quantitative estimate of drug-likeness (QED) is 0.843. The van der Waals surface area contributed by atoms with Gasteiger partial charge in [0.15, 0.2) is 0 Å². The molecule has 0 unspecified atom stereocenters. The van der Waals surface area contributed by atoms with Crippen LogP contribution in [0.15, 0.2) is 24.3 Å². The lowest BCUT2D eigenvalue weighted by atomic mass is 9.86. The van der Waals surface area contributed by atoms with Crippen LogP contribution >= 0.6 is 0 Å². The van der Waals surface area contributed by atoms with Gasteiger partial charge in [-0.1, -0.05) is 32.9 Å². The van der Waals surface area contributed by atoms with Crippen LogP contribution in [0.5, 0.6) is 0 Å². The number of likely N-dealkylation sites (tertiary alicyclic amines) is 1. The predicted octanol–water partition coefficient (Wildman–Crippen LogP) is 2.55. The first-order valence-electron chi connectivity index (χ1n) is 7.03. The van der Waals surface area contributed by atoms with Crippen molar-refractivity contribution < 1.29 is 4.79 Å². The SMILES string of the molecule is CC(C)(C)c1ccc(C(=O)N2CCC[C@H](N)C2)cc1. The van der Waals surface area contributed by atoms with Gasteiger partial charge in [-0.25, -0.2) is 0 Å². The second-order valence-electron chi connectivity index (χ2n) is 6.48. The van der Waals surface area contributed by atoms with Crippen molar-refractivity contribution in [2.45, 2.75) is 45.1 Å². The lowest BCUT2D eigenvalue weighted by molar-refractivity contribution is 0.0709. The molecule has 1 aromatic carbocycles. The molecule has 1 aliphatic rings. The average molecular weight is 260 g/mol. The lowest BCUT2D eigenvalue weighted by Crippen LogP contribution is -2.45. The maximum atomic E-state index is 12.4. The number of hydrogen-bond acceptors (Lipinski definition) is 2. The van der Waals surface area contributed by atoms with E-state index in [4.69, 9.17) is 5.73 Å². The van der Waals surface area contributed by atoms with Crippen molar-refractivity contribution in [1.82, 2.24) is 4.90 Å². The number of benzene rings is 1. The summed E-state index contributed by atoms with van der Waals surface area (Å²) in [6.07, 6.45) is 2.03. The van der Waals surface area contributed by atoms with Gasteiger partial charge in [0.25, 0.3) is 5.91 Å². The molecular weight excluding hydrogens is 236 g/mol.